The Morgan fingerprint density at radius 1 is 1.18 bits per heavy atom. The molecule has 2 nitrogen and oxygen atoms in total. The number of hydrogen-bond acceptors (Lipinski definition) is 2. The van der Waals surface area contributed by atoms with Crippen molar-refractivity contribution in [3.05, 3.63) is 47.3 Å². The number of piperazine rings is 1. The summed E-state index contributed by atoms with van der Waals surface area (Å²) in [5.74, 6) is -2.54. The number of nitrogens with one attached hydrogen (secondary N) is 1. The molecule has 7 heteroatoms. The van der Waals surface area contributed by atoms with Crippen LogP contribution in [0, 0.1) is 17.5 Å². The van der Waals surface area contributed by atoms with E-state index in [0.29, 0.717) is 19.5 Å². The van der Waals surface area contributed by atoms with Gasteiger partial charge in [0.2, 0.25) is 0 Å². The molecule has 1 fully saturated rings. The third-order valence-electron chi connectivity index (χ3n) is 3.51. The summed E-state index contributed by atoms with van der Waals surface area (Å²) < 4.78 is 41.1. The van der Waals surface area contributed by atoms with Crippen molar-refractivity contribution in [2.75, 3.05) is 26.2 Å². The van der Waals surface area contributed by atoms with Gasteiger partial charge < -0.3 is 5.32 Å². The highest BCUT2D eigenvalue weighted by Gasteiger charge is 2.28. The van der Waals surface area contributed by atoms with Crippen molar-refractivity contribution in [3.63, 3.8) is 0 Å². The molecular weight excluding hydrogens is 336 g/mol. The van der Waals surface area contributed by atoms with E-state index in [1.165, 1.54) is 0 Å². The summed E-state index contributed by atoms with van der Waals surface area (Å²) in [6.45, 7) is 8.61. The lowest BCUT2D eigenvalue weighted by Gasteiger charge is -2.35. The Morgan fingerprint density at radius 2 is 1.68 bits per heavy atom. The Kier molecular flexibility index (Phi) is 9.08. The first-order valence-corrected chi connectivity index (χ1v) is 6.72. The summed E-state index contributed by atoms with van der Waals surface area (Å²) in [5, 5.41) is 3.20. The summed E-state index contributed by atoms with van der Waals surface area (Å²) in [5.41, 5.74) is 0.785. The number of hydrogen-bond donors (Lipinski definition) is 1. The molecule has 1 aromatic rings. The predicted molar refractivity (Wildman–Crippen MR) is 87.4 cm³/mol. The maximum Gasteiger partial charge on any atom is 0.133 e. The largest absolute Gasteiger partial charge is 0.314 e. The van der Waals surface area contributed by atoms with Gasteiger partial charge in [-0.2, -0.15) is 0 Å². The minimum absolute atomic E-state index is 0. The molecule has 0 spiro atoms. The second kappa shape index (κ2) is 9.40. The fourth-order valence-electron chi connectivity index (χ4n) is 2.61. The molecule has 22 heavy (non-hydrogen) atoms. The lowest BCUT2D eigenvalue weighted by Crippen LogP contribution is -2.45. The van der Waals surface area contributed by atoms with Gasteiger partial charge in [0.15, 0.2) is 0 Å². The topological polar surface area (TPSA) is 15.3 Å². The second-order valence-corrected chi connectivity index (χ2v) is 5.25. The monoisotopic (exact) mass is 356 g/mol. The molecule has 0 saturated carbocycles. The zero-order chi connectivity index (χ0) is 14.7. The quantitative estimate of drug-likeness (QED) is 0.824. The standard InChI is InChI=1S/C15H19F3N2.2ClH/c1-10(2)7-14(20-5-3-19-4-6-20)15-12(17)8-11(16)9-13(15)18;;/h8-9,14,19H,1,3-7H2,2H3;2*1H/t14-;;/m1../s1. The zero-order valence-corrected chi connectivity index (χ0v) is 14.0. The molecule has 1 aromatic carbocycles. The van der Waals surface area contributed by atoms with E-state index >= 15 is 0 Å². The molecule has 1 aliphatic rings. The first-order chi connectivity index (χ1) is 9.49. The van der Waals surface area contributed by atoms with E-state index in [4.69, 9.17) is 0 Å². The van der Waals surface area contributed by atoms with Crippen molar-refractivity contribution < 1.29 is 13.2 Å². The van der Waals surface area contributed by atoms with Crippen molar-refractivity contribution in [1.82, 2.24) is 10.2 Å². The van der Waals surface area contributed by atoms with E-state index < -0.39 is 23.5 Å². The van der Waals surface area contributed by atoms with Crippen molar-refractivity contribution in [2.45, 2.75) is 19.4 Å². The molecule has 0 bridgehead atoms. The average Bonchev–Trinajstić information content (AvgIpc) is 2.37. The number of halogens is 5. The van der Waals surface area contributed by atoms with Gasteiger partial charge in [0.1, 0.15) is 17.5 Å². The van der Waals surface area contributed by atoms with Gasteiger partial charge in [0, 0.05) is 49.9 Å². The molecule has 1 saturated heterocycles. The van der Waals surface area contributed by atoms with Crippen LogP contribution in [0.4, 0.5) is 13.2 Å². The van der Waals surface area contributed by atoms with Crippen LogP contribution in [0.3, 0.4) is 0 Å². The molecular formula is C15H21Cl2F3N2. The van der Waals surface area contributed by atoms with Crippen LogP contribution in [-0.2, 0) is 0 Å². The van der Waals surface area contributed by atoms with Gasteiger partial charge in [0.25, 0.3) is 0 Å². The lowest BCUT2D eigenvalue weighted by molar-refractivity contribution is 0.165. The maximum absolute atomic E-state index is 14.0. The zero-order valence-electron chi connectivity index (χ0n) is 12.4. The molecule has 0 amide bonds. The van der Waals surface area contributed by atoms with Crippen LogP contribution in [0.2, 0.25) is 0 Å². The molecule has 0 unspecified atom stereocenters. The summed E-state index contributed by atoms with van der Waals surface area (Å²) in [4.78, 5) is 2.02. The van der Waals surface area contributed by atoms with Gasteiger partial charge in [0.05, 0.1) is 0 Å². The average molecular weight is 357 g/mol. The third kappa shape index (κ3) is 5.16. The minimum Gasteiger partial charge on any atom is -0.314 e. The molecule has 1 aliphatic heterocycles. The number of rotatable bonds is 4. The van der Waals surface area contributed by atoms with Crippen molar-refractivity contribution >= 4 is 24.8 Å². The summed E-state index contributed by atoms with van der Waals surface area (Å²) in [7, 11) is 0. The Hall–Kier alpha value is -0.750. The molecule has 0 aliphatic carbocycles. The summed E-state index contributed by atoms with van der Waals surface area (Å²) in [6, 6.07) is 1.05. The van der Waals surface area contributed by atoms with Gasteiger partial charge in [-0.25, -0.2) is 13.2 Å². The maximum atomic E-state index is 14.0. The highest BCUT2D eigenvalue weighted by Crippen LogP contribution is 2.31. The van der Waals surface area contributed by atoms with Crippen molar-refractivity contribution in [1.29, 1.82) is 0 Å². The number of nitrogens with zero attached hydrogens (tertiary/aromatic N) is 1. The Labute approximate surface area is 141 Å². The van der Waals surface area contributed by atoms with E-state index in [1.807, 2.05) is 11.8 Å². The van der Waals surface area contributed by atoms with Gasteiger partial charge >= 0.3 is 0 Å². The predicted octanol–water partition coefficient (Wildman–Crippen LogP) is 3.86. The second-order valence-electron chi connectivity index (χ2n) is 5.25. The van der Waals surface area contributed by atoms with E-state index in [9.17, 15) is 13.2 Å². The van der Waals surface area contributed by atoms with Gasteiger partial charge in [-0.15, -0.1) is 31.4 Å². The SMILES string of the molecule is C=C(C)C[C@H](c1c(F)cc(F)cc1F)N1CCNCC1.Cl.Cl. The van der Waals surface area contributed by atoms with Gasteiger partial charge in [-0.3, -0.25) is 4.90 Å². The summed E-state index contributed by atoms with van der Waals surface area (Å²) >= 11 is 0. The van der Waals surface area contributed by atoms with E-state index in [1.54, 1.807) is 0 Å². The van der Waals surface area contributed by atoms with Crippen LogP contribution in [0.25, 0.3) is 0 Å². The fraction of sp³-hybridized carbons (Fsp3) is 0.467. The summed E-state index contributed by atoms with van der Waals surface area (Å²) in [6.07, 6.45) is 0.458. The smallest absolute Gasteiger partial charge is 0.133 e. The van der Waals surface area contributed by atoms with Crippen molar-refractivity contribution in [2.24, 2.45) is 0 Å². The van der Waals surface area contributed by atoms with E-state index in [2.05, 4.69) is 11.9 Å². The van der Waals surface area contributed by atoms with E-state index in [-0.39, 0.29) is 30.4 Å². The van der Waals surface area contributed by atoms with Gasteiger partial charge in [-0.1, -0.05) is 5.57 Å². The highest BCUT2D eigenvalue weighted by molar-refractivity contribution is 5.85. The van der Waals surface area contributed by atoms with Crippen LogP contribution in [-0.4, -0.2) is 31.1 Å². The van der Waals surface area contributed by atoms with Crippen LogP contribution >= 0.6 is 24.8 Å². The Balaban J connectivity index is 0.00000220. The molecule has 2 rings (SSSR count). The Morgan fingerprint density at radius 3 is 2.14 bits per heavy atom. The number of benzene rings is 1. The van der Waals surface area contributed by atoms with Crippen LogP contribution in [0.5, 0.6) is 0 Å². The molecule has 1 heterocycles. The molecule has 0 radical (unpaired) electrons. The van der Waals surface area contributed by atoms with Crippen LogP contribution in [0.1, 0.15) is 24.9 Å². The Bertz CT molecular complexity index is 483. The fourth-order valence-corrected chi connectivity index (χ4v) is 2.61. The third-order valence-corrected chi connectivity index (χ3v) is 3.51. The first-order valence-electron chi connectivity index (χ1n) is 6.72. The molecule has 1 atom stereocenters. The first kappa shape index (κ1) is 21.2. The minimum atomic E-state index is -0.891. The molecule has 0 aromatic heterocycles. The van der Waals surface area contributed by atoms with Gasteiger partial charge in [-0.05, 0) is 13.3 Å². The normalized spacial score (nSPS) is 16.4. The highest BCUT2D eigenvalue weighted by atomic mass is 35.5. The van der Waals surface area contributed by atoms with Crippen LogP contribution < -0.4 is 5.32 Å². The molecule has 1 N–H and O–H groups in total. The lowest BCUT2D eigenvalue weighted by atomic mass is 9.96. The van der Waals surface area contributed by atoms with E-state index in [0.717, 1.165) is 30.8 Å². The molecule has 126 valence electrons. The van der Waals surface area contributed by atoms with Crippen molar-refractivity contribution in [3.8, 4) is 0 Å². The van der Waals surface area contributed by atoms with Crippen LogP contribution in [0.15, 0.2) is 24.3 Å².